The predicted octanol–water partition coefficient (Wildman–Crippen LogP) is 3.22. The third-order valence-corrected chi connectivity index (χ3v) is 6.92. The fourth-order valence-electron chi connectivity index (χ4n) is 4.37. The van der Waals surface area contributed by atoms with Crippen LogP contribution in [-0.2, 0) is 17.6 Å². The van der Waals surface area contributed by atoms with E-state index in [0.29, 0.717) is 24.7 Å². The number of thiophene rings is 1. The van der Waals surface area contributed by atoms with E-state index in [1.807, 2.05) is 28.5 Å². The monoisotopic (exact) mass is 417 g/mol. The van der Waals surface area contributed by atoms with Gasteiger partial charge in [-0.2, -0.15) is 0 Å². The molecule has 1 aliphatic heterocycles. The lowest BCUT2D eigenvalue weighted by Crippen LogP contribution is -2.49. The highest BCUT2D eigenvalue weighted by atomic mass is 32.1. The highest BCUT2D eigenvalue weighted by Gasteiger charge is 2.38. The maximum absolute atomic E-state index is 13.6. The number of carbonyl (C=O) groups is 1. The molecule has 1 N–H and O–H groups in total. The molecule has 2 heterocycles. The number of nitrogens with zero attached hydrogens (tertiary/aromatic N) is 1. The molecule has 2 atom stereocenters. The average molecular weight is 418 g/mol. The van der Waals surface area contributed by atoms with Gasteiger partial charge in [0, 0.05) is 16.8 Å². The van der Waals surface area contributed by atoms with Gasteiger partial charge in [-0.25, -0.2) is 0 Å². The minimum absolute atomic E-state index is 0.0194. The van der Waals surface area contributed by atoms with Crippen LogP contribution in [0.2, 0.25) is 0 Å². The Labute approximate surface area is 175 Å². The van der Waals surface area contributed by atoms with Gasteiger partial charge in [-0.1, -0.05) is 6.07 Å². The predicted molar refractivity (Wildman–Crippen MR) is 111 cm³/mol. The molecule has 29 heavy (non-hydrogen) atoms. The lowest BCUT2D eigenvalue weighted by molar-refractivity contribution is -0.0811. The quantitative estimate of drug-likeness (QED) is 0.809. The second kappa shape index (κ2) is 8.73. The van der Waals surface area contributed by atoms with Gasteiger partial charge in [-0.15, -0.1) is 11.3 Å². The molecule has 7 heteroatoms. The number of aliphatic hydroxyl groups excluding tert-OH is 1. The second-order valence-electron chi connectivity index (χ2n) is 7.41. The molecule has 1 amide bonds. The molecule has 2 aromatic rings. The van der Waals surface area contributed by atoms with Crippen molar-refractivity contribution in [2.45, 2.75) is 37.8 Å². The number of rotatable bonds is 5. The lowest BCUT2D eigenvalue weighted by atomic mass is 9.93. The first-order valence-corrected chi connectivity index (χ1v) is 10.9. The minimum atomic E-state index is -0.486. The molecule has 156 valence electrons. The van der Waals surface area contributed by atoms with Crippen LogP contribution < -0.4 is 9.47 Å². The first-order valence-electron chi connectivity index (χ1n) is 10.0. The largest absolute Gasteiger partial charge is 0.493 e. The van der Waals surface area contributed by atoms with Crippen LogP contribution >= 0.6 is 11.3 Å². The van der Waals surface area contributed by atoms with Gasteiger partial charge in [0.15, 0.2) is 11.5 Å². The van der Waals surface area contributed by atoms with Crippen LogP contribution in [0.4, 0.5) is 0 Å². The molecule has 1 aromatic carbocycles. The molecule has 0 unspecified atom stereocenters. The zero-order valence-corrected chi connectivity index (χ0v) is 17.7. The SMILES string of the molecule is COc1ccc([C@@H]2[C@@H](CO)OCCN2C(=O)c2csc3c2CCCC3)cc1OC. The Morgan fingerprint density at radius 2 is 2.03 bits per heavy atom. The fourth-order valence-corrected chi connectivity index (χ4v) is 5.49. The molecule has 0 bridgehead atoms. The van der Waals surface area contributed by atoms with Gasteiger partial charge in [0.1, 0.15) is 6.10 Å². The summed E-state index contributed by atoms with van der Waals surface area (Å²) in [5, 5.41) is 12.0. The lowest BCUT2D eigenvalue weighted by Gasteiger charge is -2.41. The Morgan fingerprint density at radius 1 is 1.24 bits per heavy atom. The molecule has 1 saturated heterocycles. The molecular formula is C22H27NO5S. The van der Waals surface area contributed by atoms with E-state index in [0.717, 1.165) is 30.4 Å². The van der Waals surface area contributed by atoms with Crippen LogP contribution in [0.15, 0.2) is 23.6 Å². The first kappa shape index (κ1) is 20.2. The number of morpholine rings is 1. The third-order valence-electron chi connectivity index (χ3n) is 5.83. The molecule has 1 aromatic heterocycles. The Bertz CT molecular complexity index is 880. The highest BCUT2D eigenvalue weighted by Crippen LogP contribution is 2.38. The summed E-state index contributed by atoms with van der Waals surface area (Å²) in [4.78, 5) is 16.8. The molecule has 4 rings (SSSR count). The average Bonchev–Trinajstić information content (AvgIpc) is 3.21. The van der Waals surface area contributed by atoms with E-state index in [2.05, 4.69) is 0 Å². The number of aryl methyl sites for hydroxylation is 1. The van der Waals surface area contributed by atoms with Gasteiger partial charge in [-0.05, 0) is 48.9 Å². The molecule has 1 fully saturated rings. The van der Waals surface area contributed by atoms with Gasteiger partial charge >= 0.3 is 0 Å². The van der Waals surface area contributed by atoms with Gasteiger partial charge in [-0.3, -0.25) is 4.79 Å². The van der Waals surface area contributed by atoms with E-state index >= 15 is 0 Å². The summed E-state index contributed by atoms with van der Waals surface area (Å²) in [5.41, 5.74) is 2.89. The maximum atomic E-state index is 13.6. The van der Waals surface area contributed by atoms with Gasteiger partial charge in [0.05, 0.1) is 39.0 Å². The van der Waals surface area contributed by atoms with Crippen molar-refractivity contribution in [1.82, 2.24) is 4.90 Å². The summed E-state index contributed by atoms with van der Waals surface area (Å²) in [6, 6.07) is 5.21. The van der Waals surface area contributed by atoms with Crippen molar-refractivity contribution in [3.8, 4) is 11.5 Å². The van der Waals surface area contributed by atoms with E-state index in [-0.39, 0.29) is 18.6 Å². The number of benzene rings is 1. The number of methoxy groups -OCH3 is 2. The molecule has 0 radical (unpaired) electrons. The third kappa shape index (κ3) is 3.74. The summed E-state index contributed by atoms with van der Waals surface area (Å²) in [6.07, 6.45) is 3.87. The molecule has 0 saturated carbocycles. The molecule has 1 aliphatic carbocycles. The number of hydrogen-bond acceptors (Lipinski definition) is 6. The van der Waals surface area contributed by atoms with Crippen LogP contribution in [0.1, 0.15) is 45.2 Å². The summed E-state index contributed by atoms with van der Waals surface area (Å²) >= 11 is 1.69. The Hall–Kier alpha value is -2.09. The number of hydrogen-bond donors (Lipinski definition) is 1. The van der Waals surface area contributed by atoms with E-state index < -0.39 is 6.10 Å². The fraction of sp³-hybridized carbons (Fsp3) is 0.500. The molecule has 0 spiro atoms. The smallest absolute Gasteiger partial charge is 0.255 e. The van der Waals surface area contributed by atoms with Gasteiger partial charge in [0.25, 0.3) is 5.91 Å². The Kier molecular flexibility index (Phi) is 6.08. The maximum Gasteiger partial charge on any atom is 0.255 e. The standard InChI is InChI=1S/C22H27NO5S/c1-26-17-8-7-14(11-18(17)27-2)21-19(12-24)28-10-9-23(21)22(25)16-13-29-20-6-4-3-5-15(16)20/h7-8,11,13,19,21,24H,3-6,9-10,12H2,1-2H3/t19-,21-/m1/s1. The van der Waals surface area contributed by atoms with Gasteiger partial charge < -0.3 is 24.2 Å². The molecular weight excluding hydrogens is 390 g/mol. The zero-order valence-electron chi connectivity index (χ0n) is 16.8. The Morgan fingerprint density at radius 3 is 2.79 bits per heavy atom. The van der Waals surface area contributed by atoms with E-state index in [1.54, 1.807) is 25.6 Å². The number of carbonyl (C=O) groups excluding carboxylic acids is 1. The summed E-state index contributed by atoms with van der Waals surface area (Å²) in [6.45, 7) is 0.733. The van der Waals surface area contributed by atoms with Crippen molar-refractivity contribution in [1.29, 1.82) is 0 Å². The van der Waals surface area contributed by atoms with Crippen LogP contribution in [-0.4, -0.2) is 56.0 Å². The van der Waals surface area contributed by atoms with E-state index in [1.165, 1.54) is 16.9 Å². The highest BCUT2D eigenvalue weighted by molar-refractivity contribution is 7.10. The van der Waals surface area contributed by atoms with Crippen molar-refractivity contribution in [3.05, 3.63) is 45.1 Å². The summed E-state index contributed by atoms with van der Waals surface area (Å²) in [7, 11) is 3.18. The number of ether oxygens (including phenoxy) is 3. The first-order chi connectivity index (χ1) is 14.2. The van der Waals surface area contributed by atoms with Crippen molar-refractivity contribution in [2.75, 3.05) is 34.0 Å². The van der Waals surface area contributed by atoms with Crippen LogP contribution in [0.3, 0.4) is 0 Å². The number of fused-ring (bicyclic) bond motifs is 1. The molecule has 2 aliphatic rings. The normalized spacial score (nSPS) is 21.6. The van der Waals surface area contributed by atoms with Crippen molar-refractivity contribution in [2.24, 2.45) is 0 Å². The van der Waals surface area contributed by atoms with Gasteiger partial charge in [0.2, 0.25) is 0 Å². The van der Waals surface area contributed by atoms with Crippen LogP contribution in [0.5, 0.6) is 11.5 Å². The van der Waals surface area contributed by atoms with E-state index in [4.69, 9.17) is 14.2 Å². The molecule has 6 nitrogen and oxygen atoms in total. The van der Waals surface area contributed by atoms with Crippen LogP contribution in [0, 0.1) is 0 Å². The number of aliphatic hydroxyl groups is 1. The summed E-state index contributed by atoms with van der Waals surface area (Å²) < 4.78 is 16.6. The topological polar surface area (TPSA) is 68.2 Å². The Balaban J connectivity index is 1.71. The second-order valence-corrected chi connectivity index (χ2v) is 8.37. The van der Waals surface area contributed by atoms with Crippen molar-refractivity contribution >= 4 is 17.2 Å². The zero-order chi connectivity index (χ0) is 20.4. The van der Waals surface area contributed by atoms with Crippen molar-refractivity contribution in [3.63, 3.8) is 0 Å². The number of amides is 1. The van der Waals surface area contributed by atoms with E-state index in [9.17, 15) is 9.90 Å². The van der Waals surface area contributed by atoms with Crippen molar-refractivity contribution < 1.29 is 24.1 Å². The van der Waals surface area contributed by atoms with Crippen LogP contribution in [0.25, 0.3) is 0 Å². The minimum Gasteiger partial charge on any atom is -0.493 e. The summed E-state index contributed by atoms with van der Waals surface area (Å²) in [5.74, 6) is 1.23.